The number of carbonyl (C=O) groups excluding carboxylic acids is 1. The minimum Gasteiger partial charge on any atom is -0.468 e. The monoisotopic (exact) mass is 184 g/mol. The number of rotatable bonds is 3. The Labute approximate surface area is 75.7 Å². The lowest BCUT2D eigenvalue weighted by molar-refractivity contribution is -0.143. The fourth-order valence-corrected chi connectivity index (χ4v) is 0.913. The molecule has 0 unspecified atom stereocenters. The molecule has 0 saturated carbocycles. The molecule has 0 bridgehead atoms. The van der Waals surface area contributed by atoms with E-state index in [9.17, 15) is 4.79 Å². The Kier molecular flexibility index (Phi) is 2.97. The number of methoxy groups -OCH3 is 1. The number of carbonyl (C=O) groups is 1. The van der Waals surface area contributed by atoms with Gasteiger partial charge in [0.15, 0.2) is 0 Å². The van der Waals surface area contributed by atoms with Crippen LogP contribution in [-0.4, -0.2) is 34.1 Å². The average molecular weight is 184 g/mol. The summed E-state index contributed by atoms with van der Waals surface area (Å²) in [6.07, 6.45) is 3.06. The maximum absolute atomic E-state index is 11.0. The highest BCUT2D eigenvalue weighted by Crippen LogP contribution is 2.06. The Hall–Kier alpha value is -1.43. The van der Waals surface area contributed by atoms with E-state index >= 15 is 0 Å². The molecule has 0 aromatic carbocycles. The van der Waals surface area contributed by atoms with Crippen molar-refractivity contribution in [3.8, 4) is 0 Å². The van der Waals surface area contributed by atoms with Crippen LogP contribution in [0.5, 0.6) is 0 Å². The fourth-order valence-electron chi connectivity index (χ4n) is 0.913. The van der Waals surface area contributed by atoms with E-state index in [-0.39, 0.29) is 6.04 Å². The predicted octanol–water partition coefficient (Wildman–Crippen LogP) is -0.661. The highest BCUT2D eigenvalue weighted by molar-refractivity contribution is 5.75. The molecule has 72 valence electrons. The molecule has 1 aromatic rings. The molecular formula is C7H12N4O2. The topological polar surface area (TPSA) is 83.0 Å². The Morgan fingerprint density at radius 1 is 1.54 bits per heavy atom. The zero-order valence-electron chi connectivity index (χ0n) is 7.54. The Balaban J connectivity index is 2.68. The van der Waals surface area contributed by atoms with Crippen LogP contribution >= 0.6 is 0 Å². The van der Waals surface area contributed by atoms with Crippen molar-refractivity contribution in [2.75, 3.05) is 7.11 Å². The highest BCUT2D eigenvalue weighted by atomic mass is 16.5. The molecule has 1 heterocycles. The van der Waals surface area contributed by atoms with Crippen LogP contribution in [0.2, 0.25) is 0 Å². The molecule has 13 heavy (non-hydrogen) atoms. The normalized spacial score (nSPS) is 15.0. The van der Waals surface area contributed by atoms with Gasteiger partial charge in [-0.3, -0.25) is 4.79 Å². The zero-order valence-corrected chi connectivity index (χ0v) is 7.54. The van der Waals surface area contributed by atoms with Crippen LogP contribution < -0.4 is 5.73 Å². The average Bonchev–Trinajstić information content (AvgIpc) is 2.67. The van der Waals surface area contributed by atoms with Gasteiger partial charge in [-0.15, -0.1) is 0 Å². The number of esters is 1. The third-order valence-electron chi connectivity index (χ3n) is 1.79. The minimum absolute atomic E-state index is 0.303. The predicted molar refractivity (Wildman–Crippen MR) is 44.7 cm³/mol. The van der Waals surface area contributed by atoms with E-state index in [1.165, 1.54) is 24.3 Å². The zero-order chi connectivity index (χ0) is 9.84. The Morgan fingerprint density at radius 2 is 2.08 bits per heavy atom. The van der Waals surface area contributed by atoms with Gasteiger partial charge >= 0.3 is 5.97 Å². The number of aromatic nitrogens is 3. The Morgan fingerprint density at radius 3 is 2.54 bits per heavy atom. The molecule has 1 aromatic heterocycles. The van der Waals surface area contributed by atoms with Crippen molar-refractivity contribution in [2.24, 2.45) is 5.73 Å². The number of nitrogens with zero attached hydrogens (tertiary/aromatic N) is 3. The van der Waals surface area contributed by atoms with Crippen LogP contribution in [0.1, 0.15) is 13.0 Å². The van der Waals surface area contributed by atoms with Gasteiger partial charge in [-0.1, -0.05) is 0 Å². The summed E-state index contributed by atoms with van der Waals surface area (Å²) < 4.78 is 4.50. The van der Waals surface area contributed by atoms with E-state index in [1.807, 2.05) is 0 Å². The SMILES string of the molecule is COC(=O)[C@@H](N)[C@@H](C)n1nccn1. The van der Waals surface area contributed by atoms with Crippen LogP contribution in [0.3, 0.4) is 0 Å². The summed E-state index contributed by atoms with van der Waals surface area (Å²) >= 11 is 0. The maximum Gasteiger partial charge on any atom is 0.324 e. The first-order valence-electron chi connectivity index (χ1n) is 3.86. The lowest BCUT2D eigenvalue weighted by atomic mass is 10.2. The molecule has 6 heteroatoms. The summed E-state index contributed by atoms with van der Waals surface area (Å²) in [4.78, 5) is 12.4. The molecule has 0 aliphatic rings. The van der Waals surface area contributed by atoms with Crippen LogP contribution in [0.15, 0.2) is 12.4 Å². The van der Waals surface area contributed by atoms with E-state index < -0.39 is 12.0 Å². The first kappa shape index (κ1) is 9.66. The van der Waals surface area contributed by atoms with E-state index in [0.717, 1.165) is 0 Å². The third kappa shape index (κ3) is 2.03. The molecule has 0 aliphatic heterocycles. The van der Waals surface area contributed by atoms with E-state index in [0.29, 0.717) is 0 Å². The van der Waals surface area contributed by atoms with Crippen molar-refractivity contribution in [3.63, 3.8) is 0 Å². The van der Waals surface area contributed by atoms with Crippen molar-refractivity contribution in [1.29, 1.82) is 0 Å². The summed E-state index contributed by atoms with van der Waals surface area (Å²) in [5.41, 5.74) is 5.59. The highest BCUT2D eigenvalue weighted by Gasteiger charge is 2.23. The van der Waals surface area contributed by atoms with Crippen LogP contribution in [0, 0.1) is 0 Å². The van der Waals surface area contributed by atoms with Gasteiger partial charge in [0, 0.05) is 0 Å². The number of hydrogen-bond acceptors (Lipinski definition) is 5. The van der Waals surface area contributed by atoms with Gasteiger partial charge < -0.3 is 10.5 Å². The molecule has 0 saturated heterocycles. The van der Waals surface area contributed by atoms with E-state index in [4.69, 9.17) is 5.73 Å². The second kappa shape index (κ2) is 3.99. The first-order chi connectivity index (χ1) is 6.16. The number of hydrogen-bond donors (Lipinski definition) is 1. The lowest BCUT2D eigenvalue weighted by Crippen LogP contribution is -2.39. The van der Waals surface area contributed by atoms with Gasteiger partial charge in [0.1, 0.15) is 6.04 Å². The molecule has 6 nitrogen and oxygen atoms in total. The van der Waals surface area contributed by atoms with Gasteiger partial charge in [0.05, 0.1) is 25.5 Å². The number of nitrogens with two attached hydrogens (primary N) is 1. The van der Waals surface area contributed by atoms with Crippen LogP contribution in [-0.2, 0) is 9.53 Å². The molecule has 2 atom stereocenters. The van der Waals surface area contributed by atoms with Gasteiger partial charge in [-0.05, 0) is 6.92 Å². The standard InChI is InChI=1S/C7H12N4O2/c1-5(6(8)7(12)13-2)11-9-3-4-10-11/h3-6H,8H2,1-2H3/t5-,6+/m1/s1. The van der Waals surface area contributed by atoms with Crippen molar-refractivity contribution < 1.29 is 9.53 Å². The second-order valence-electron chi connectivity index (χ2n) is 2.64. The Bertz CT molecular complexity index is 272. The van der Waals surface area contributed by atoms with E-state index in [1.54, 1.807) is 6.92 Å². The summed E-state index contributed by atoms with van der Waals surface area (Å²) in [7, 11) is 1.30. The van der Waals surface area contributed by atoms with Gasteiger partial charge in [-0.25, -0.2) is 0 Å². The second-order valence-corrected chi connectivity index (χ2v) is 2.64. The molecule has 1 rings (SSSR count). The quantitative estimate of drug-likeness (QED) is 0.630. The number of ether oxygens (including phenoxy) is 1. The van der Waals surface area contributed by atoms with Crippen molar-refractivity contribution >= 4 is 5.97 Å². The molecule has 0 spiro atoms. The molecule has 0 amide bonds. The molecule has 0 aliphatic carbocycles. The van der Waals surface area contributed by atoms with Crippen molar-refractivity contribution in [2.45, 2.75) is 19.0 Å². The van der Waals surface area contributed by atoms with Gasteiger partial charge in [-0.2, -0.15) is 15.0 Å². The lowest BCUT2D eigenvalue weighted by Gasteiger charge is -2.16. The smallest absolute Gasteiger partial charge is 0.324 e. The fraction of sp³-hybridized carbons (Fsp3) is 0.571. The molecule has 0 radical (unpaired) electrons. The first-order valence-corrected chi connectivity index (χ1v) is 3.86. The van der Waals surface area contributed by atoms with Crippen LogP contribution in [0.4, 0.5) is 0 Å². The molecule has 0 fully saturated rings. The molecular weight excluding hydrogens is 172 g/mol. The summed E-state index contributed by atoms with van der Waals surface area (Å²) in [6, 6.07) is -1.04. The van der Waals surface area contributed by atoms with Crippen molar-refractivity contribution in [3.05, 3.63) is 12.4 Å². The summed E-state index contributed by atoms with van der Waals surface area (Å²) in [5.74, 6) is -0.468. The van der Waals surface area contributed by atoms with Crippen molar-refractivity contribution in [1.82, 2.24) is 15.0 Å². The van der Waals surface area contributed by atoms with Gasteiger partial charge in [0.2, 0.25) is 0 Å². The summed E-state index contributed by atoms with van der Waals surface area (Å²) in [6.45, 7) is 1.75. The largest absolute Gasteiger partial charge is 0.468 e. The molecule has 2 N–H and O–H groups in total. The maximum atomic E-state index is 11.0. The summed E-state index contributed by atoms with van der Waals surface area (Å²) in [5, 5.41) is 7.74. The third-order valence-corrected chi connectivity index (χ3v) is 1.79. The van der Waals surface area contributed by atoms with E-state index in [2.05, 4.69) is 14.9 Å². The van der Waals surface area contributed by atoms with Crippen LogP contribution in [0.25, 0.3) is 0 Å². The minimum atomic E-state index is -0.739. The van der Waals surface area contributed by atoms with Gasteiger partial charge in [0.25, 0.3) is 0 Å².